The van der Waals surface area contributed by atoms with E-state index in [9.17, 15) is 18.8 Å². The van der Waals surface area contributed by atoms with Gasteiger partial charge in [0.1, 0.15) is 11.5 Å². The Balaban J connectivity index is 3.08. The number of carbonyl (C=O) groups is 3. The molecule has 0 atom stereocenters. The Morgan fingerprint density at radius 1 is 1.12 bits per heavy atom. The summed E-state index contributed by atoms with van der Waals surface area (Å²) in [6, 6.07) is 3.75. The molecule has 0 saturated heterocycles. The number of esters is 2. The summed E-state index contributed by atoms with van der Waals surface area (Å²) in [5, 5.41) is 5.07. The predicted octanol–water partition coefficient (Wildman–Crippen LogP) is 2.06. The summed E-state index contributed by atoms with van der Waals surface area (Å²) in [7, 11) is 2.30. The molecule has 0 bridgehead atoms. The van der Waals surface area contributed by atoms with E-state index < -0.39 is 17.8 Å². The average Bonchev–Trinajstić information content (AvgIpc) is 2.55. The van der Waals surface area contributed by atoms with Gasteiger partial charge in [0.2, 0.25) is 5.91 Å². The minimum atomic E-state index is -0.808. The normalized spacial score (nSPS) is 11.0. The van der Waals surface area contributed by atoms with E-state index in [4.69, 9.17) is 0 Å². The van der Waals surface area contributed by atoms with Crippen LogP contribution in [-0.4, -0.2) is 32.1 Å². The second-order valence-corrected chi connectivity index (χ2v) is 5.04. The van der Waals surface area contributed by atoms with Crippen molar-refractivity contribution in [2.75, 3.05) is 24.9 Å². The third kappa shape index (κ3) is 5.38. The van der Waals surface area contributed by atoms with Gasteiger partial charge < -0.3 is 20.1 Å². The number of amides is 1. The van der Waals surface area contributed by atoms with Crippen LogP contribution in [0, 0.1) is 11.7 Å². The molecule has 0 aromatic heterocycles. The minimum Gasteiger partial charge on any atom is -0.466 e. The van der Waals surface area contributed by atoms with Crippen molar-refractivity contribution >= 4 is 29.2 Å². The first kappa shape index (κ1) is 19.1. The quantitative estimate of drug-likeness (QED) is 0.609. The van der Waals surface area contributed by atoms with Crippen molar-refractivity contribution in [1.82, 2.24) is 0 Å². The number of hydrogen-bond acceptors (Lipinski definition) is 6. The fourth-order valence-electron chi connectivity index (χ4n) is 1.56. The van der Waals surface area contributed by atoms with E-state index in [1.807, 2.05) is 0 Å². The summed E-state index contributed by atoms with van der Waals surface area (Å²) < 4.78 is 22.8. The van der Waals surface area contributed by atoms with Crippen LogP contribution in [0.5, 0.6) is 0 Å². The number of nitrogens with one attached hydrogen (secondary N) is 2. The largest absolute Gasteiger partial charge is 0.466 e. The van der Waals surface area contributed by atoms with Gasteiger partial charge in [0, 0.05) is 11.6 Å². The fraction of sp³-hybridized carbons (Fsp3) is 0.312. The monoisotopic (exact) mass is 338 g/mol. The summed E-state index contributed by atoms with van der Waals surface area (Å²) in [5.41, 5.74) is 0.0223. The van der Waals surface area contributed by atoms with Gasteiger partial charge in [0.05, 0.1) is 26.0 Å². The maximum Gasteiger partial charge on any atom is 0.354 e. The van der Waals surface area contributed by atoms with Gasteiger partial charge in [-0.2, -0.15) is 0 Å². The molecular weight excluding hydrogens is 319 g/mol. The smallest absolute Gasteiger partial charge is 0.354 e. The molecule has 0 aliphatic rings. The molecule has 24 heavy (non-hydrogen) atoms. The Bertz CT molecular complexity index is 670. The lowest BCUT2D eigenvalue weighted by Gasteiger charge is -2.13. The van der Waals surface area contributed by atoms with Gasteiger partial charge in [0.15, 0.2) is 0 Å². The van der Waals surface area contributed by atoms with Crippen molar-refractivity contribution in [3.05, 3.63) is 35.8 Å². The molecule has 1 aromatic carbocycles. The number of hydrogen-bond donors (Lipinski definition) is 2. The van der Waals surface area contributed by atoms with Crippen molar-refractivity contribution < 1.29 is 28.2 Å². The number of halogens is 1. The zero-order chi connectivity index (χ0) is 18.3. The second-order valence-electron chi connectivity index (χ2n) is 5.04. The second kappa shape index (κ2) is 8.66. The highest BCUT2D eigenvalue weighted by atomic mass is 19.1. The van der Waals surface area contributed by atoms with E-state index in [0.29, 0.717) is 0 Å². The van der Waals surface area contributed by atoms with E-state index in [1.165, 1.54) is 12.1 Å². The zero-order valence-electron chi connectivity index (χ0n) is 13.8. The van der Waals surface area contributed by atoms with Crippen LogP contribution in [-0.2, 0) is 23.9 Å². The number of anilines is 2. The topological polar surface area (TPSA) is 93.7 Å². The number of benzene rings is 1. The summed E-state index contributed by atoms with van der Waals surface area (Å²) in [6.45, 7) is 3.34. The average molecular weight is 338 g/mol. The fourth-order valence-corrected chi connectivity index (χ4v) is 1.56. The molecule has 8 heteroatoms. The SMILES string of the molecule is COC(=O)/C=C(/Nc1ccc(F)c(NC(=O)C(C)C)c1)C(=O)OC. The Morgan fingerprint density at radius 3 is 2.33 bits per heavy atom. The van der Waals surface area contributed by atoms with Crippen molar-refractivity contribution in [2.45, 2.75) is 13.8 Å². The van der Waals surface area contributed by atoms with E-state index in [1.54, 1.807) is 13.8 Å². The van der Waals surface area contributed by atoms with Crippen LogP contribution < -0.4 is 10.6 Å². The van der Waals surface area contributed by atoms with Crippen molar-refractivity contribution in [1.29, 1.82) is 0 Å². The molecule has 0 heterocycles. The van der Waals surface area contributed by atoms with Crippen molar-refractivity contribution in [3.8, 4) is 0 Å². The van der Waals surface area contributed by atoms with Crippen LogP contribution in [0.2, 0.25) is 0 Å². The highest BCUT2D eigenvalue weighted by molar-refractivity contribution is 5.99. The zero-order valence-corrected chi connectivity index (χ0v) is 13.8. The molecule has 0 saturated carbocycles. The van der Waals surface area contributed by atoms with Crippen LogP contribution in [0.1, 0.15) is 13.8 Å². The van der Waals surface area contributed by atoms with Gasteiger partial charge in [-0.15, -0.1) is 0 Å². The molecule has 130 valence electrons. The van der Waals surface area contributed by atoms with Gasteiger partial charge in [-0.3, -0.25) is 4.79 Å². The lowest BCUT2D eigenvalue weighted by Crippen LogP contribution is -2.19. The van der Waals surface area contributed by atoms with Gasteiger partial charge in [-0.25, -0.2) is 14.0 Å². The van der Waals surface area contributed by atoms with E-state index in [0.717, 1.165) is 26.4 Å². The maximum absolute atomic E-state index is 13.8. The van der Waals surface area contributed by atoms with Crippen LogP contribution in [0.25, 0.3) is 0 Å². The third-order valence-corrected chi connectivity index (χ3v) is 2.90. The first-order valence-electron chi connectivity index (χ1n) is 7.03. The van der Waals surface area contributed by atoms with Gasteiger partial charge in [-0.1, -0.05) is 13.8 Å². The number of carbonyl (C=O) groups excluding carboxylic acids is 3. The summed E-state index contributed by atoms with van der Waals surface area (Å²) in [5.74, 6) is -2.89. The van der Waals surface area contributed by atoms with Crippen molar-refractivity contribution in [2.24, 2.45) is 5.92 Å². The third-order valence-electron chi connectivity index (χ3n) is 2.90. The number of rotatable bonds is 6. The van der Waals surface area contributed by atoms with Crippen LogP contribution in [0.15, 0.2) is 30.0 Å². The molecule has 1 rings (SSSR count). The molecule has 0 radical (unpaired) electrons. The minimum absolute atomic E-state index is 0.0546. The molecule has 0 aliphatic carbocycles. The molecule has 2 N–H and O–H groups in total. The van der Waals surface area contributed by atoms with Gasteiger partial charge >= 0.3 is 11.9 Å². The van der Waals surface area contributed by atoms with Crippen LogP contribution >= 0.6 is 0 Å². The lowest BCUT2D eigenvalue weighted by atomic mass is 10.2. The van der Waals surface area contributed by atoms with Crippen molar-refractivity contribution in [3.63, 3.8) is 0 Å². The highest BCUT2D eigenvalue weighted by Crippen LogP contribution is 2.21. The summed E-state index contributed by atoms with van der Waals surface area (Å²) in [6.07, 6.45) is 0.904. The Kier molecular flexibility index (Phi) is 6.91. The van der Waals surface area contributed by atoms with Crippen LogP contribution in [0.4, 0.5) is 15.8 Å². The standard InChI is InChI=1S/C16H19FN2O5/c1-9(2)15(21)19-12-7-10(5-6-11(12)17)18-13(16(22)24-4)8-14(20)23-3/h5-9,18H,1-4H3,(H,19,21)/b13-8+. The lowest BCUT2D eigenvalue weighted by molar-refractivity contribution is -0.138. The predicted molar refractivity (Wildman–Crippen MR) is 85.6 cm³/mol. The first-order chi connectivity index (χ1) is 11.3. The van der Waals surface area contributed by atoms with Crippen LogP contribution in [0.3, 0.4) is 0 Å². The number of methoxy groups -OCH3 is 2. The van der Waals surface area contributed by atoms with E-state index in [-0.39, 0.29) is 28.9 Å². The summed E-state index contributed by atoms with van der Waals surface area (Å²) >= 11 is 0. The molecule has 1 amide bonds. The van der Waals surface area contributed by atoms with E-state index in [2.05, 4.69) is 20.1 Å². The molecule has 0 fully saturated rings. The molecule has 0 aliphatic heterocycles. The Morgan fingerprint density at radius 2 is 1.79 bits per heavy atom. The Labute approximate surface area is 138 Å². The molecule has 1 aromatic rings. The maximum atomic E-state index is 13.8. The van der Waals surface area contributed by atoms with E-state index >= 15 is 0 Å². The molecule has 0 unspecified atom stereocenters. The first-order valence-corrected chi connectivity index (χ1v) is 7.03. The Hall–Kier alpha value is -2.90. The summed E-state index contributed by atoms with van der Waals surface area (Å²) in [4.78, 5) is 34.7. The van der Waals surface area contributed by atoms with Gasteiger partial charge in [-0.05, 0) is 18.2 Å². The number of ether oxygens (including phenoxy) is 2. The van der Waals surface area contributed by atoms with Gasteiger partial charge in [0.25, 0.3) is 0 Å². The highest BCUT2D eigenvalue weighted by Gasteiger charge is 2.15. The molecular formula is C16H19FN2O5. The molecule has 7 nitrogen and oxygen atoms in total. The molecule has 0 spiro atoms.